The first-order valence-corrected chi connectivity index (χ1v) is 4.64. The second-order valence-corrected chi connectivity index (χ2v) is 4.03. The first-order valence-electron chi connectivity index (χ1n) is 3.56. The van der Waals surface area contributed by atoms with Crippen molar-refractivity contribution in [2.45, 2.75) is 30.4 Å². The Bertz CT molecular complexity index is 166. The molecule has 0 N–H and O–H groups in total. The molecule has 1 aliphatic carbocycles. The molecular formula is C8H12S2. The molecule has 0 bridgehead atoms. The van der Waals surface area contributed by atoms with E-state index in [0.717, 1.165) is 25.0 Å². The van der Waals surface area contributed by atoms with Crippen molar-refractivity contribution in [3.05, 3.63) is 0 Å². The first kappa shape index (κ1) is 8.36. The highest BCUT2D eigenvalue weighted by molar-refractivity contribution is 7.85. The normalized spacial score (nSPS) is 32.2. The predicted molar refractivity (Wildman–Crippen MR) is 51.8 cm³/mol. The summed E-state index contributed by atoms with van der Waals surface area (Å²) >= 11 is 8.79. The summed E-state index contributed by atoms with van der Waals surface area (Å²) < 4.78 is 0.0899. The molecule has 0 radical (unpaired) electrons. The van der Waals surface area contributed by atoms with Crippen molar-refractivity contribution in [2.24, 2.45) is 0 Å². The molecule has 0 saturated carbocycles. The summed E-state index contributed by atoms with van der Waals surface area (Å²) in [5.74, 6) is 7.06. The van der Waals surface area contributed by atoms with Crippen LogP contribution in [0, 0.1) is 11.8 Å². The molecule has 0 nitrogen and oxygen atoms in total. The van der Waals surface area contributed by atoms with Gasteiger partial charge in [-0.15, -0.1) is 11.8 Å². The van der Waals surface area contributed by atoms with E-state index in [9.17, 15) is 0 Å². The van der Waals surface area contributed by atoms with Gasteiger partial charge in [0.05, 0.1) is 0 Å². The van der Waals surface area contributed by atoms with Gasteiger partial charge in [0.15, 0.2) is 0 Å². The number of hydrogen-bond acceptors (Lipinski definition) is 2. The van der Waals surface area contributed by atoms with E-state index in [1.807, 2.05) is 0 Å². The lowest BCUT2D eigenvalue weighted by atomic mass is 10.0. The van der Waals surface area contributed by atoms with Gasteiger partial charge in [0.2, 0.25) is 0 Å². The average Bonchev–Trinajstić information content (AvgIpc) is 2.15. The Kier molecular flexibility index (Phi) is 3.00. The third-order valence-electron chi connectivity index (χ3n) is 1.78. The predicted octanol–water partition coefficient (Wildman–Crippen LogP) is 2.16. The molecule has 0 aliphatic heterocycles. The van der Waals surface area contributed by atoms with Gasteiger partial charge in [0.1, 0.15) is 0 Å². The van der Waals surface area contributed by atoms with Crippen molar-refractivity contribution in [3.63, 3.8) is 0 Å². The third kappa shape index (κ3) is 2.14. The van der Waals surface area contributed by atoms with E-state index in [1.165, 1.54) is 6.42 Å². The van der Waals surface area contributed by atoms with Crippen LogP contribution in [-0.4, -0.2) is 10.5 Å². The largest absolute Gasteiger partial charge is 0.178 e. The Morgan fingerprint density at radius 2 is 2.20 bits per heavy atom. The fraction of sp³-hybridized carbons (Fsp3) is 0.750. The van der Waals surface area contributed by atoms with Gasteiger partial charge in [-0.05, 0) is 12.8 Å². The van der Waals surface area contributed by atoms with Gasteiger partial charge in [0, 0.05) is 23.3 Å². The van der Waals surface area contributed by atoms with E-state index in [1.54, 1.807) is 0 Å². The van der Waals surface area contributed by atoms with E-state index >= 15 is 0 Å². The maximum Gasteiger partial charge on any atom is 0.0327 e. The van der Waals surface area contributed by atoms with Gasteiger partial charge in [-0.25, -0.2) is 0 Å². The van der Waals surface area contributed by atoms with Crippen molar-refractivity contribution in [3.8, 4) is 11.8 Å². The summed E-state index contributed by atoms with van der Waals surface area (Å²) in [5, 5.41) is 0. The van der Waals surface area contributed by atoms with Gasteiger partial charge in [-0.3, -0.25) is 0 Å². The van der Waals surface area contributed by atoms with Crippen LogP contribution in [0.1, 0.15) is 25.7 Å². The zero-order chi connectivity index (χ0) is 7.45. The van der Waals surface area contributed by atoms with Crippen LogP contribution < -0.4 is 0 Å². The van der Waals surface area contributed by atoms with Crippen LogP contribution in [0.4, 0.5) is 0 Å². The fourth-order valence-electron chi connectivity index (χ4n) is 1.04. The monoisotopic (exact) mass is 172 g/mol. The van der Waals surface area contributed by atoms with Gasteiger partial charge in [-0.2, -0.15) is 25.3 Å². The minimum atomic E-state index is 0.0899. The quantitative estimate of drug-likeness (QED) is 0.439. The molecule has 0 saturated heterocycles. The minimum absolute atomic E-state index is 0.0899. The molecule has 1 aliphatic rings. The Morgan fingerprint density at radius 1 is 1.40 bits per heavy atom. The van der Waals surface area contributed by atoms with Crippen molar-refractivity contribution >= 4 is 25.3 Å². The Morgan fingerprint density at radius 3 is 2.90 bits per heavy atom. The molecule has 2 heteroatoms. The lowest BCUT2D eigenvalue weighted by molar-refractivity contribution is 0.600. The maximum absolute atomic E-state index is 4.54. The van der Waals surface area contributed by atoms with Gasteiger partial charge in [-0.1, -0.05) is 0 Å². The van der Waals surface area contributed by atoms with Gasteiger partial charge >= 0.3 is 0 Å². The number of thiol groups is 2. The third-order valence-corrected chi connectivity index (χ3v) is 3.18. The van der Waals surface area contributed by atoms with Crippen molar-refractivity contribution in [1.82, 2.24) is 0 Å². The van der Waals surface area contributed by atoms with Crippen LogP contribution in [0.15, 0.2) is 0 Å². The van der Waals surface area contributed by atoms with Crippen LogP contribution in [0.25, 0.3) is 0 Å². The van der Waals surface area contributed by atoms with Crippen LogP contribution >= 0.6 is 25.3 Å². The van der Waals surface area contributed by atoms with Crippen LogP contribution in [0.3, 0.4) is 0 Å². The van der Waals surface area contributed by atoms with Gasteiger partial charge < -0.3 is 0 Å². The summed E-state index contributed by atoms with van der Waals surface area (Å²) in [6, 6.07) is 0. The van der Waals surface area contributed by atoms with Crippen LogP contribution in [0.2, 0.25) is 0 Å². The van der Waals surface area contributed by atoms with E-state index in [4.69, 9.17) is 0 Å². The minimum Gasteiger partial charge on any atom is -0.178 e. The lowest BCUT2D eigenvalue weighted by Gasteiger charge is -2.22. The number of hydrogen-bond donors (Lipinski definition) is 2. The molecule has 0 aromatic heterocycles. The van der Waals surface area contributed by atoms with E-state index < -0.39 is 0 Å². The van der Waals surface area contributed by atoms with Crippen molar-refractivity contribution in [2.75, 3.05) is 5.75 Å². The highest BCUT2D eigenvalue weighted by Crippen LogP contribution is 2.28. The lowest BCUT2D eigenvalue weighted by Crippen LogP contribution is -2.22. The molecule has 0 heterocycles. The highest BCUT2D eigenvalue weighted by atomic mass is 32.1. The fourth-order valence-corrected chi connectivity index (χ4v) is 1.55. The average molecular weight is 172 g/mol. The zero-order valence-corrected chi connectivity index (χ0v) is 7.72. The van der Waals surface area contributed by atoms with Gasteiger partial charge in [0.25, 0.3) is 0 Å². The molecule has 10 heavy (non-hydrogen) atoms. The Labute approximate surface area is 73.6 Å². The van der Waals surface area contributed by atoms with E-state index in [-0.39, 0.29) is 4.75 Å². The Balaban J connectivity index is 2.54. The molecular weight excluding hydrogens is 160 g/mol. The molecule has 0 spiro atoms. The molecule has 1 unspecified atom stereocenters. The van der Waals surface area contributed by atoms with Crippen LogP contribution in [0.5, 0.6) is 0 Å². The topological polar surface area (TPSA) is 0 Å². The highest BCUT2D eigenvalue weighted by Gasteiger charge is 2.22. The summed E-state index contributed by atoms with van der Waals surface area (Å²) in [7, 11) is 0. The molecule has 0 fully saturated rings. The molecule has 0 amide bonds. The van der Waals surface area contributed by atoms with E-state index in [0.29, 0.717) is 0 Å². The first-order chi connectivity index (χ1) is 4.77. The number of rotatable bonds is 1. The smallest absolute Gasteiger partial charge is 0.0327 e. The second kappa shape index (κ2) is 3.59. The molecule has 1 atom stereocenters. The molecule has 56 valence electrons. The van der Waals surface area contributed by atoms with E-state index in [2.05, 4.69) is 37.1 Å². The molecule has 0 aromatic rings. The standard InChI is InChI=1S/C8H12S2/c9-7-8(10)5-3-1-2-4-6-8/h9-10H,1,3,5-7H2. The van der Waals surface area contributed by atoms with Crippen molar-refractivity contribution in [1.29, 1.82) is 0 Å². The SMILES string of the molecule is SCC1(S)CC#CCCC1. The summed E-state index contributed by atoms with van der Waals surface area (Å²) in [6.07, 6.45) is 4.26. The summed E-state index contributed by atoms with van der Waals surface area (Å²) in [5.41, 5.74) is 0. The molecule has 1 rings (SSSR count). The maximum atomic E-state index is 4.54. The zero-order valence-electron chi connectivity index (χ0n) is 5.93. The Hall–Kier alpha value is 0.260. The second-order valence-electron chi connectivity index (χ2n) is 2.77. The summed E-state index contributed by atoms with van der Waals surface area (Å²) in [6.45, 7) is 0. The van der Waals surface area contributed by atoms with Crippen molar-refractivity contribution < 1.29 is 0 Å². The van der Waals surface area contributed by atoms with Crippen LogP contribution in [-0.2, 0) is 0 Å². The summed E-state index contributed by atoms with van der Waals surface area (Å²) in [4.78, 5) is 0. The molecule has 0 aromatic carbocycles.